The summed E-state index contributed by atoms with van der Waals surface area (Å²) in [5.74, 6) is 0.965. The molecule has 7 nitrogen and oxygen atoms in total. The third kappa shape index (κ3) is 5.41. The van der Waals surface area contributed by atoms with Crippen molar-refractivity contribution in [2.24, 2.45) is 0 Å². The average molecular weight is 396 g/mol. The predicted molar refractivity (Wildman–Crippen MR) is 108 cm³/mol. The fourth-order valence-electron chi connectivity index (χ4n) is 2.65. The lowest BCUT2D eigenvalue weighted by molar-refractivity contribution is 0.102. The number of carbonyl (C=O) groups is 1. The van der Waals surface area contributed by atoms with Crippen LogP contribution in [0.5, 0.6) is 11.5 Å². The first kappa shape index (κ1) is 20.1. The Balaban J connectivity index is 1.62. The first-order valence-corrected chi connectivity index (χ1v) is 8.93. The van der Waals surface area contributed by atoms with Gasteiger partial charge in [0.1, 0.15) is 35.2 Å². The molecule has 150 valence electrons. The number of anilines is 2. The molecule has 29 heavy (non-hydrogen) atoms. The van der Waals surface area contributed by atoms with Gasteiger partial charge in [0.2, 0.25) is 0 Å². The summed E-state index contributed by atoms with van der Waals surface area (Å²) in [5, 5.41) is 5.91. The molecular formula is C21H21FN4O3. The van der Waals surface area contributed by atoms with Crippen molar-refractivity contribution in [3.63, 3.8) is 0 Å². The van der Waals surface area contributed by atoms with Crippen molar-refractivity contribution in [1.82, 2.24) is 9.97 Å². The van der Waals surface area contributed by atoms with Crippen molar-refractivity contribution in [3.05, 3.63) is 71.9 Å². The summed E-state index contributed by atoms with van der Waals surface area (Å²) < 4.78 is 23.4. The maximum atomic E-state index is 13.0. The summed E-state index contributed by atoms with van der Waals surface area (Å²) in [6.45, 7) is 0.579. The standard InChI is InChI=1S/C21H21FN4O3/c1-28-16-7-8-17(19(11-16)29-2)26-21(27)18-12-20(25-13-24-18)23-10-9-14-3-5-15(22)6-4-14/h3-8,11-13H,9-10H2,1-2H3,(H,26,27)(H,23,24,25). The van der Waals surface area contributed by atoms with Crippen LogP contribution < -0.4 is 20.1 Å². The Morgan fingerprint density at radius 2 is 1.83 bits per heavy atom. The maximum Gasteiger partial charge on any atom is 0.274 e. The number of nitrogens with one attached hydrogen (secondary N) is 2. The minimum atomic E-state index is -0.391. The highest BCUT2D eigenvalue weighted by molar-refractivity contribution is 6.04. The molecule has 1 aromatic heterocycles. The lowest BCUT2D eigenvalue weighted by Crippen LogP contribution is -2.15. The van der Waals surface area contributed by atoms with Crippen LogP contribution in [-0.2, 0) is 6.42 Å². The maximum absolute atomic E-state index is 13.0. The van der Waals surface area contributed by atoms with Crippen molar-refractivity contribution in [2.75, 3.05) is 31.4 Å². The summed E-state index contributed by atoms with van der Waals surface area (Å²) in [6.07, 6.45) is 2.01. The fraction of sp³-hybridized carbons (Fsp3) is 0.190. The molecule has 0 fully saturated rings. The summed E-state index contributed by atoms with van der Waals surface area (Å²) in [7, 11) is 3.07. The second kappa shape index (κ2) is 9.50. The Hall–Kier alpha value is -3.68. The molecule has 0 aliphatic rings. The normalized spacial score (nSPS) is 10.3. The van der Waals surface area contributed by atoms with E-state index in [9.17, 15) is 9.18 Å². The van der Waals surface area contributed by atoms with E-state index in [2.05, 4.69) is 20.6 Å². The number of methoxy groups -OCH3 is 2. The van der Waals surface area contributed by atoms with Crippen LogP contribution in [0.2, 0.25) is 0 Å². The van der Waals surface area contributed by atoms with Crippen LogP contribution in [0.4, 0.5) is 15.9 Å². The van der Waals surface area contributed by atoms with Gasteiger partial charge in [0, 0.05) is 18.7 Å². The third-order valence-corrected chi connectivity index (χ3v) is 4.19. The number of hydrogen-bond acceptors (Lipinski definition) is 6. The minimum absolute atomic E-state index is 0.210. The van der Waals surface area contributed by atoms with Crippen LogP contribution in [0.1, 0.15) is 16.1 Å². The molecule has 2 N–H and O–H groups in total. The van der Waals surface area contributed by atoms with Crippen LogP contribution in [-0.4, -0.2) is 36.6 Å². The van der Waals surface area contributed by atoms with E-state index < -0.39 is 5.91 Å². The van der Waals surface area contributed by atoms with E-state index in [1.54, 1.807) is 43.5 Å². The smallest absolute Gasteiger partial charge is 0.274 e. The van der Waals surface area contributed by atoms with E-state index in [0.29, 0.717) is 36.0 Å². The predicted octanol–water partition coefficient (Wildman–Crippen LogP) is 3.54. The van der Waals surface area contributed by atoms with Gasteiger partial charge in [-0.05, 0) is 36.2 Å². The zero-order valence-electron chi connectivity index (χ0n) is 16.1. The van der Waals surface area contributed by atoms with E-state index in [0.717, 1.165) is 5.56 Å². The van der Waals surface area contributed by atoms with E-state index in [1.807, 2.05) is 0 Å². The van der Waals surface area contributed by atoms with Crippen molar-refractivity contribution < 1.29 is 18.7 Å². The fourth-order valence-corrected chi connectivity index (χ4v) is 2.65. The molecule has 2 aromatic carbocycles. The highest BCUT2D eigenvalue weighted by atomic mass is 19.1. The Labute approximate surface area is 167 Å². The number of benzene rings is 2. The third-order valence-electron chi connectivity index (χ3n) is 4.19. The van der Waals surface area contributed by atoms with E-state index in [-0.39, 0.29) is 11.5 Å². The number of halogens is 1. The molecule has 0 atom stereocenters. The zero-order chi connectivity index (χ0) is 20.6. The van der Waals surface area contributed by atoms with Crippen LogP contribution in [0, 0.1) is 5.82 Å². The van der Waals surface area contributed by atoms with Crippen LogP contribution in [0.3, 0.4) is 0 Å². The summed E-state index contributed by atoms with van der Waals surface area (Å²) in [4.78, 5) is 20.7. The largest absolute Gasteiger partial charge is 0.497 e. The number of aromatic nitrogens is 2. The lowest BCUT2D eigenvalue weighted by Gasteiger charge is -2.12. The SMILES string of the molecule is COc1ccc(NC(=O)c2cc(NCCc3ccc(F)cc3)ncn2)c(OC)c1. The Morgan fingerprint density at radius 1 is 1.03 bits per heavy atom. The van der Waals surface area contributed by atoms with Gasteiger partial charge in [0.25, 0.3) is 5.91 Å². The van der Waals surface area contributed by atoms with Crippen molar-refractivity contribution in [3.8, 4) is 11.5 Å². The number of rotatable bonds is 8. The summed E-state index contributed by atoms with van der Waals surface area (Å²) >= 11 is 0. The number of carbonyl (C=O) groups excluding carboxylic acids is 1. The summed E-state index contributed by atoms with van der Waals surface area (Å²) in [5.41, 5.74) is 1.71. The Kier molecular flexibility index (Phi) is 6.57. The molecular weight excluding hydrogens is 375 g/mol. The van der Waals surface area contributed by atoms with Gasteiger partial charge in [-0.1, -0.05) is 12.1 Å². The quantitative estimate of drug-likeness (QED) is 0.606. The van der Waals surface area contributed by atoms with Gasteiger partial charge in [-0.15, -0.1) is 0 Å². The van der Waals surface area contributed by atoms with Crippen LogP contribution >= 0.6 is 0 Å². The van der Waals surface area contributed by atoms with Gasteiger partial charge in [-0.2, -0.15) is 0 Å². The van der Waals surface area contributed by atoms with Crippen molar-refractivity contribution in [1.29, 1.82) is 0 Å². The van der Waals surface area contributed by atoms with Crippen LogP contribution in [0.15, 0.2) is 54.9 Å². The molecule has 0 aliphatic heterocycles. The molecule has 0 saturated heterocycles. The molecule has 3 rings (SSSR count). The zero-order valence-corrected chi connectivity index (χ0v) is 16.1. The second-order valence-corrected chi connectivity index (χ2v) is 6.11. The van der Waals surface area contributed by atoms with Gasteiger partial charge in [0.15, 0.2) is 0 Å². The Bertz CT molecular complexity index is 980. The number of nitrogens with zero attached hydrogens (tertiary/aromatic N) is 2. The van der Waals surface area contributed by atoms with Gasteiger partial charge in [-0.25, -0.2) is 14.4 Å². The molecule has 0 aliphatic carbocycles. The molecule has 0 radical (unpaired) electrons. The van der Waals surface area contributed by atoms with E-state index >= 15 is 0 Å². The van der Waals surface area contributed by atoms with E-state index in [4.69, 9.17) is 9.47 Å². The molecule has 0 spiro atoms. The number of hydrogen-bond donors (Lipinski definition) is 2. The highest BCUT2D eigenvalue weighted by Crippen LogP contribution is 2.29. The van der Waals surface area contributed by atoms with Gasteiger partial charge >= 0.3 is 0 Å². The Morgan fingerprint density at radius 3 is 2.55 bits per heavy atom. The molecule has 0 bridgehead atoms. The van der Waals surface area contributed by atoms with Gasteiger partial charge < -0.3 is 20.1 Å². The van der Waals surface area contributed by atoms with Gasteiger partial charge in [-0.3, -0.25) is 4.79 Å². The highest BCUT2D eigenvalue weighted by Gasteiger charge is 2.13. The number of ether oxygens (including phenoxy) is 2. The molecule has 1 heterocycles. The molecule has 8 heteroatoms. The number of amides is 1. The van der Waals surface area contributed by atoms with Crippen LogP contribution in [0.25, 0.3) is 0 Å². The minimum Gasteiger partial charge on any atom is -0.497 e. The average Bonchev–Trinajstić information content (AvgIpc) is 2.75. The van der Waals surface area contributed by atoms with Crippen molar-refractivity contribution in [2.45, 2.75) is 6.42 Å². The topological polar surface area (TPSA) is 85.4 Å². The lowest BCUT2D eigenvalue weighted by atomic mass is 10.1. The van der Waals surface area contributed by atoms with Crippen molar-refractivity contribution >= 4 is 17.4 Å². The second-order valence-electron chi connectivity index (χ2n) is 6.11. The molecule has 0 saturated carbocycles. The first-order valence-electron chi connectivity index (χ1n) is 8.93. The molecule has 1 amide bonds. The van der Waals surface area contributed by atoms with Gasteiger partial charge in [0.05, 0.1) is 19.9 Å². The summed E-state index contributed by atoms with van der Waals surface area (Å²) in [6, 6.07) is 13.0. The molecule has 3 aromatic rings. The monoisotopic (exact) mass is 396 g/mol. The van der Waals surface area contributed by atoms with E-state index in [1.165, 1.54) is 25.6 Å². The molecule has 0 unspecified atom stereocenters. The first-order chi connectivity index (χ1) is 14.1.